The minimum Gasteiger partial charge on any atom is -0.308 e. The van der Waals surface area contributed by atoms with Gasteiger partial charge in [-0.15, -0.1) is 24.2 Å². The van der Waals surface area contributed by atoms with Crippen LogP contribution >= 0.6 is 24.2 Å². The largest absolute Gasteiger partial charge is 0.308 e. The molecule has 0 radical (unpaired) electrons. The summed E-state index contributed by atoms with van der Waals surface area (Å²) in [4.78, 5) is 0. The molecule has 0 saturated carbocycles. The summed E-state index contributed by atoms with van der Waals surface area (Å²) in [6.07, 6.45) is 2.76. The van der Waals surface area contributed by atoms with Gasteiger partial charge in [0, 0.05) is 0 Å². The fraction of sp³-hybridized carbons (Fsp3) is 1.00. The van der Waals surface area contributed by atoms with Gasteiger partial charge in [-0.3, -0.25) is 0 Å². The van der Waals surface area contributed by atoms with Gasteiger partial charge in [0.25, 0.3) is 0 Å². The van der Waals surface area contributed by atoms with Crippen LogP contribution in [0.5, 0.6) is 0 Å². The first-order chi connectivity index (χ1) is 3.43. The van der Waals surface area contributed by atoms with Crippen LogP contribution in [0.15, 0.2) is 0 Å². The molecule has 3 heteroatoms. The van der Waals surface area contributed by atoms with Crippen molar-refractivity contribution >= 4 is 24.2 Å². The van der Waals surface area contributed by atoms with Crippen LogP contribution in [-0.2, 0) is 0 Å². The summed E-state index contributed by atoms with van der Waals surface area (Å²) in [6.45, 7) is 0. The number of halogens is 1. The molecule has 0 amide bonds. The molecule has 1 saturated heterocycles. The zero-order chi connectivity index (χ0) is 5.11. The Morgan fingerprint density at radius 2 is 2.38 bits per heavy atom. The van der Waals surface area contributed by atoms with E-state index < -0.39 is 0 Å². The van der Waals surface area contributed by atoms with Gasteiger partial charge in [-0.05, 0) is 25.6 Å². The van der Waals surface area contributed by atoms with Gasteiger partial charge in [-0.2, -0.15) is 0 Å². The molecule has 1 rings (SSSR count). The Morgan fingerprint density at radius 1 is 1.62 bits per heavy atom. The van der Waals surface area contributed by atoms with Gasteiger partial charge in [-0.25, -0.2) is 0 Å². The van der Waals surface area contributed by atoms with E-state index in [4.69, 9.17) is 0 Å². The first kappa shape index (κ1) is 8.60. The van der Waals surface area contributed by atoms with Crippen molar-refractivity contribution in [3.63, 3.8) is 0 Å². The first-order valence-electron chi connectivity index (χ1n) is 2.72. The van der Waals surface area contributed by atoms with Crippen molar-refractivity contribution in [3.8, 4) is 0 Å². The highest BCUT2D eigenvalue weighted by Crippen LogP contribution is 2.22. The van der Waals surface area contributed by atoms with Crippen LogP contribution in [0, 0.1) is 0 Å². The summed E-state index contributed by atoms with van der Waals surface area (Å²) in [5.74, 6) is 1.35. The third kappa shape index (κ3) is 2.25. The van der Waals surface area contributed by atoms with Crippen molar-refractivity contribution in [2.24, 2.45) is 0 Å². The molecule has 8 heavy (non-hydrogen) atoms. The van der Waals surface area contributed by atoms with Gasteiger partial charge in [0.1, 0.15) is 0 Å². The maximum atomic E-state index is 3.23. The monoisotopic (exact) mass is 153 g/mol. The Labute approximate surface area is 61.0 Å². The molecule has 1 fully saturated rings. The predicted molar refractivity (Wildman–Crippen MR) is 41.8 cm³/mol. The topological polar surface area (TPSA) is 12.0 Å². The zero-order valence-electron chi connectivity index (χ0n) is 5.02. The van der Waals surface area contributed by atoms with E-state index in [0.717, 1.165) is 5.37 Å². The second kappa shape index (κ2) is 4.48. The smallest absolute Gasteiger partial charge is 0.0529 e. The molecular formula is C5H12ClNS. The second-order valence-electron chi connectivity index (χ2n) is 1.79. The van der Waals surface area contributed by atoms with Crippen LogP contribution in [0.2, 0.25) is 0 Å². The third-order valence-corrected chi connectivity index (χ3v) is 2.65. The molecule has 0 bridgehead atoms. The number of nitrogens with one attached hydrogen (secondary N) is 1. The van der Waals surface area contributed by atoms with E-state index >= 15 is 0 Å². The molecule has 1 nitrogen and oxygen atoms in total. The Bertz CT molecular complexity index is 54.4. The molecule has 1 atom stereocenters. The highest BCUT2D eigenvalue weighted by molar-refractivity contribution is 8.00. The number of thioether (sulfide) groups is 1. The summed E-state index contributed by atoms with van der Waals surface area (Å²) in [6, 6.07) is 0. The lowest BCUT2D eigenvalue weighted by Gasteiger charge is -2.02. The summed E-state index contributed by atoms with van der Waals surface area (Å²) >= 11 is 2.03. The fourth-order valence-corrected chi connectivity index (χ4v) is 1.92. The molecule has 0 aromatic carbocycles. The van der Waals surface area contributed by atoms with E-state index in [0.29, 0.717) is 0 Å². The average molecular weight is 154 g/mol. The molecule has 0 spiro atoms. The molecule has 0 aromatic rings. The molecule has 1 heterocycles. The molecule has 1 N–H and O–H groups in total. The second-order valence-corrected chi connectivity index (χ2v) is 3.10. The lowest BCUT2D eigenvalue weighted by Crippen LogP contribution is -2.16. The fourth-order valence-electron chi connectivity index (χ4n) is 0.805. The highest BCUT2D eigenvalue weighted by atomic mass is 35.5. The number of rotatable bonds is 1. The zero-order valence-corrected chi connectivity index (χ0v) is 6.65. The van der Waals surface area contributed by atoms with Gasteiger partial charge in [-0.1, -0.05) is 0 Å². The van der Waals surface area contributed by atoms with Crippen LogP contribution in [0.3, 0.4) is 0 Å². The lowest BCUT2D eigenvalue weighted by atomic mass is 10.3. The third-order valence-electron chi connectivity index (χ3n) is 1.25. The van der Waals surface area contributed by atoms with Crippen LogP contribution in [0.1, 0.15) is 12.8 Å². The van der Waals surface area contributed by atoms with E-state index in [1.54, 1.807) is 0 Å². The lowest BCUT2D eigenvalue weighted by molar-refractivity contribution is 0.698. The van der Waals surface area contributed by atoms with Crippen LogP contribution in [0.4, 0.5) is 0 Å². The maximum absolute atomic E-state index is 3.23. The van der Waals surface area contributed by atoms with Gasteiger partial charge in [0.05, 0.1) is 5.37 Å². The van der Waals surface area contributed by atoms with Crippen molar-refractivity contribution in [3.05, 3.63) is 0 Å². The first-order valence-corrected chi connectivity index (χ1v) is 3.77. The molecular weight excluding hydrogens is 142 g/mol. The van der Waals surface area contributed by atoms with E-state index in [-0.39, 0.29) is 12.4 Å². The average Bonchev–Trinajstić information content (AvgIpc) is 2.14. The van der Waals surface area contributed by atoms with Crippen LogP contribution in [-0.4, -0.2) is 18.2 Å². The molecule has 0 aliphatic carbocycles. The summed E-state index contributed by atoms with van der Waals surface area (Å²) in [5.41, 5.74) is 0. The van der Waals surface area contributed by atoms with Crippen LogP contribution < -0.4 is 5.32 Å². The standard InChI is InChI=1S/C5H11NS.ClH/c1-6-5-3-2-4-7-5;/h5-6H,2-4H2,1H3;1H. The number of hydrogen-bond donors (Lipinski definition) is 1. The normalized spacial score (nSPS) is 27.4. The van der Waals surface area contributed by atoms with Crippen LogP contribution in [0.25, 0.3) is 0 Å². The van der Waals surface area contributed by atoms with Crippen molar-refractivity contribution < 1.29 is 0 Å². The predicted octanol–water partition coefficient (Wildman–Crippen LogP) is 1.48. The van der Waals surface area contributed by atoms with Gasteiger partial charge < -0.3 is 5.32 Å². The molecule has 1 aliphatic heterocycles. The van der Waals surface area contributed by atoms with E-state index in [2.05, 4.69) is 5.32 Å². The minimum atomic E-state index is 0. The van der Waals surface area contributed by atoms with Crippen molar-refractivity contribution in [1.29, 1.82) is 0 Å². The van der Waals surface area contributed by atoms with Crippen molar-refractivity contribution in [1.82, 2.24) is 5.32 Å². The Hall–Kier alpha value is 0.600. The molecule has 1 unspecified atom stereocenters. The molecule has 0 aromatic heterocycles. The number of hydrogen-bond acceptors (Lipinski definition) is 2. The quantitative estimate of drug-likeness (QED) is 0.613. The molecule has 1 aliphatic rings. The Kier molecular flexibility index (Phi) is 4.81. The summed E-state index contributed by atoms with van der Waals surface area (Å²) in [7, 11) is 2.03. The Balaban J connectivity index is 0.000000490. The SMILES string of the molecule is CNC1CCCS1.Cl. The maximum Gasteiger partial charge on any atom is 0.0529 e. The highest BCUT2D eigenvalue weighted by Gasteiger charge is 2.11. The van der Waals surface area contributed by atoms with Gasteiger partial charge in [0.2, 0.25) is 0 Å². The van der Waals surface area contributed by atoms with Gasteiger partial charge >= 0.3 is 0 Å². The Morgan fingerprint density at radius 3 is 2.62 bits per heavy atom. The van der Waals surface area contributed by atoms with Crippen molar-refractivity contribution in [2.75, 3.05) is 12.8 Å². The van der Waals surface area contributed by atoms with Crippen molar-refractivity contribution in [2.45, 2.75) is 18.2 Å². The minimum absolute atomic E-state index is 0. The van der Waals surface area contributed by atoms with E-state index in [1.807, 2.05) is 18.8 Å². The molecule has 50 valence electrons. The summed E-state index contributed by atoms with van der Waals surface area (Å²) in [5, 5.41) is 3.99. The van der Waals surface area contributed by atoms with Gasteiger partial charge in [0.15, 0.2) is 0 Å². The summed E-state index contributed by atoms with van der Waals surface area (Å²) < 4.78 is 0. The van der Waals surface area contributed by atoms with E-state index in [9.17, 15) is 0 Å². The van der Waals surface area contributed by atoms with E-state index in [1.165, 1.54) is 18.6 Å².